The summed E-state index contributed by atoms with van der Waals surface area (Å²) in [7, 11) is 0. The molecule has 0 saturated heterocycles. The maximum atomic E-state index is 12.6. The maximum Gasteiger partial charge on any atom is 0.245 e. The first-order valence-corrected chi connectivity index (χ1v) is 2.84. The Morgan fingerprint density at radius 2 is 2.36 bits per heavy atom. The summed E-state index contributed by atoms with van der Waals surface area (Å²) in [4.78, 5) is 0. The van der Waals surface area contributed by atoms with Crippen LogP contribution in [0.4, 0.5) is 13.2 Å². The second-order valence-corrected chi connectivity index (χ2v) is 1.82. The normalized spacial score (nSPS) is 15.0. The van der Waals surface area contributed by atoms with Crippen molar-refractivity contribution in [2.75, 3.05) is 0 Å². The monoisotopic (exact) mass is 162 g/mol. The molecule has 0 N–H and O–H groups in total. The molecule has 2 nitrogen and oxygen atoms in total. The SMILES string of the molecule is FC=C(F)C(F)n1cccn1. The smallest absolute Gasteiger partial charge is 0.232 e. The summed E-state index contributed by atoms with van der Waals surface area (Å²) in [5.41, 5.74) is 0. The molecule has 1 atom stereocenters. The molecule has 1 rings (SSSR count). The summed E-state index contributed by atoms with van der Waals surface area (Å²) in [5.74, 6) is -1.49. The van der Waals surface area contributed by atoms with E-state index in [4.69, 9.17) is 0 Å². The highest BCUT2D eigenvalue weighted by Crippen LogP contribution is 2.18. The van der Waals surface area contributed by atoms with Crippen molar-refractivity contribution in [3.63, 3.8) is 0 Å². The van der Waals surface area contributed by atoms with Crippen LogP contribution in [0.2, 0.25) is 0 Å². The number of alkyl halides is 1. The molecule has 1 heterocycles. The lowest BCUT2D eigenvalue weighted by molar-refractivity contribution is 0.220. The van der Waals surface area contributed by atoms with Gasteiger partial charge in [0.2, 0.25) is 6.30 Å². The fourth-order valence-corrected chi connectivity index (χ4v) is 0.593. The van der Waals surface area contributed by atoms with E-state index in [1.165, 1.54) is 18.5 Å². The van der Waals surface area contributed by atoms with Crippen molar-refractivity contribution in [1.82, 2.24) is 9.78 Å². The summed E-state index contributed by atoms with van der Waals surface area (Å²) >= 11 is 0. The fourth-order valence-electron chi connectivity index (χ4n) is 0.593. The number of allylic oxidation sites excluding steroid dienone is 1. The third-order valence-electron chi connectivity index (χ3n) is 1.09. The number of rotatable bonds is 2. The van der Waals surface area contributed by atoms with Gasteiger partial charge in [-0.25, -0.2) is 17.9 Å². The Bertz CT molecular complexity index is 242. The third-order valence-corrected chi connectivity index (χ3v) is 1.09. The molecule has 5 heteroatoms. The minimum absolute atomic E-state index is 0.424. The first kappa shape index (κ1) is 7.84. The minimum Gasteiger partial charge on any atom is -0.232 e. The van der Waals surface area contributed by atoms with E-state index in [2.05, 4.69) is 5.10 Å². The Morgan fingerprint density at radius 1 is 1.64 bits per heavy atom. The summed E-state index contributed by atoms with van der Waals surface area (Å²) in [5, 5.41) is 3.38. The molecule has 0 spiro atoms. The van der Waals surface area contributed by atoms with Gasteiger partial charge in [-0.15, -0.1) is 0 Å². The van der Waals surface area contributed by atoms with E-state index < -0.39 is 18.5 Å². The molecule has 0 bridgehead atoms. The predicted octanol–water partition coefficient (Wildman–Crippen LogP) is 2.13. The summed E-state index contributed by atoms with van der Waals surface area (Å²) in [6.45, 7) is 0. The largest absolute Gasteiger partial charge is 0.245 e. The van der Waals surface area contributed by atoms with E-state index >= 15 is 0 Å². The molecular formula is C6H5F3N2. The van der Waals surface area contributed by atoms with Gasteiger partial charge in [0, 0.05) is 12.4 Å². The molecule has 1 unspecified atom stereocenters. The molecular weight excluding hydrogens is 157 g/mol. The van der Waals surface area contributed by atoms with Crippen molar-refractivity contribution < 1.29 is 13.2 Å². The second kappa shape index (κ2) is 3.23. The summed E-state index contributed by atoms with van der Waals surface area (Å²) in [6, 6.07) is 1.41. The van der Waals surface area contributed by atoms with Crippen molar-refractivity contribution in [2.45, 2.75) is 6.30 Å². The highest BCUT2D eigenvalue weighted by atomic mass is 19.2. The van der Waals surface area contributed by atoms with Crippen LogP contribution in [0.1, 0.15) is 6.30 Å². The lowest BCUT2D eigenvalue weighted by atomic mass is 10.5. The molecule has 0 aliphatic rings. The fraction of sp³-hybridized carbons (Fsp3) is 0.167. The third kappa shape index (κ3) is 1.60. The first-order valence-electron chi connectivity index (χ1n) is 2.84. The van der Waals surface area contributed by atoms with Gasteiger partial charge in [-0.2, -0.15) is 5.10 Å². The second-order valence-electron chi connectivity index (χ2n) is 1.82. The van der Waals surface area contributed by atoms with Gasteiger partial charge >= 0.3 is 0 Å². The first-order chi connectivity index (χ1) is 5.25. The number of aromatic nitrogens is 2. The summed E-state index contributed by atoms with van der Waals surface area (Å²) in [6.07, 6.45) is -0.104. The van der Waals surface area contributed by atoms with Crippen LogP contribution in [-0.4, -0.2) is 9.78 Å². The molecule has 1 aromatic heterocycles. The van der Waals surface area contributed by atoms with Crippen LogP contribution in [0.25, 0.3) is 0 Å². The van der Waals surface area contributed by atoms with E-state index in [-0.39, 0.29) is 0 Å². The van der Waals surface area contributed by atoms with Crippen molar-refractivity contribution in [1.29, 1.82) is 0 Å². The van der Waals surface area contributed by atoms with Crippen molar-refractivity contribution >= 4 is 0 Å². The zero-order valence-corrected chi connectivity index (χ0v) is 5.42. The van der Waals surface area contributed by atoms with Gasteiger partial charge in [-0.1, -0.05) is 0 Å². The zero-order chi connectivity index (χ0) is 8.27. The summed E-state index contributed by atoms with van der Waals surface area (Å²) < 4.78 is 36.8. The van der Waals surface area contributed by atoms with Crippen LogP contribution in [0.3, 0.4) is 0 Å². The Kier molecular flexibility index (Phi) is 2.30. The van der Waals surface area contributed by atoms with Crippen LogP contribution < -0.4 is 0 Å². The maximum absolute atomic E-state index is 12.6. The molecule has 0 fully saturated rings. The molecule has 0 aliphatic carbocycles. The lowest BCUT2D eigenvalue weighted by Crippen LogP contribution is -2.03. The topological polar surface area (TPSA) is 17.8 Å². The highest BCUT2D eigenvalue weighted by molar-refractivity contribution is 4.93. The van der Waals surface area contributed by atoms with E-state index in [1.54, 1.807) is 0 Å². The van der Waals surface area contributed by atoms with Gasteiger partial charge in [-0.3, -0.25) is 0 Å². The molecule has 1 aromatic rings. The van der Waals surface area contributed by atoms with Gasteiger partial charge in [0.25, 0.3) is 0 Å². The Hall–Kier alpha value is -1.26. The average molecular weight is 162 g/mol. The van der Waals surface area contributed by atoms with Crippen LogP contribution in [0.5, 0.6) is 0 Å². The van der Waals surface area contributed by atoms with Crippen LogP contribution in [0.15, 0.2) is 30.6 Å². The quantitative estimate of drug-likeness (QED) is 0.651. The number of nitrogens with zero attached hydrogens (tertiary/aromatic N) is 2. The van der Waals surface area contributed by atoms with Gasteiger partial charge < -0.3 is 0 Å². The Labute approximate surface area is 60.9 Å². The number of hydrogen-bond donors (Lipinski definition) is 0. The highest BCUT2D eigenvalue weighted by Gasteiger charge is 2.14. The predicted molar refractivity (Wildman–Crippen MR) is 32.7 cm³/mol. The Balaban J connectivity index is 2.78. The van der Waals surface area contributed by atoms with Crippen LogP contribution >= 0.6 is 0 Å². The van der Waals surface area contributed by atoms with Crippen molar-refractivity contribution in [2.24, 2.45) is 0 Å². The standard InChI is InChI=1S/C6H5F3N2/c7-4-5(8)6(9)11-3-1-2-10-11/h1-4,6H. The van der Waals surface area contributed by atoms with Crippen LogP contribution in [0, 0.1) is 0 Å². The molecule has 0 radical (unpaired) electrons. The van der Waals surface area contributed by atoms with E-state index in [9.17, 15) is 13.2 Å². The molecule has 60 valence electrons. The lowest BCUT2D eigenvalue weighted by Gasteiger charge is -2.03. The molecule has 11 heavy (non-hydrogen) atoms. The molecule has 0 aromatic carbocycles. The van der Waals surface area contributed by atoms with E-state index in [1.807, 2.05) is 0 Å². The molecule has 0 aliphatic heterocycles. The Morgan fingerprint density at radius 3 is 2.82 bits per heavy atom. The van der Waals surface area contributed by atoms with Gasteiger partial charge in [-0.05, 0) is 6.07 Å². The van der Waals surface area contributed by atoms with Gasteiger partial charge in [0.1, 0.15) is 6.33 Å². The number of hydrogen-bond acceptors (Lipinski definition) is 1. The van der Waals surface area contributed by atoms with E-state index in [0.717, 1.165) is 0 Å². The van der Waals surface area contributed by atoms with E-state index in [0.29, 0.717) is 4.68 Å². The minimum atomic E-state index is -2.16. The molecule has 0 amide bonds. The average Bonchev–Trinajstić information content (AvgIpc) is 2.53. The van der Waals surface area contributed by atoms with Crippen LogP contribution in [-0.2, 0) is 0 Å². The van der Waals surface area contributed by atoms with Gasteiger partial charge in [0.15, 0.2) is 5.83 Å². The van der Waals surface area contributed by atoms with Crippen molar-refractivity contribution in [3.8, 4) is 0 Å². The number of halogens is 3. The zero-order valence-electron chi connectivity index (χ0n) is 5.42. The molecule has 0 saturated carbocycles. The van der Waals surface area contributed by atoms with Gasteiger partial charge in [0.05, 0.1) is 0 Å². The van der Waals surface area contributed by atoms with Crippen molar-refractivity contribution in [3.05, 3.63) is 30.6 Å².